The van der Waals surface area contributed by atoms with Gasteiger partial charge in [0.1, 0.15) is 0 Å². The molecule has 0 rings (SSSR count). The third kappa shape index (κ3) is 4.59. The van der Waals surface area contributed by atoms with Crippen LogP contribution in [0.4, 0.5) is 0 Å². The normalized spacial score (nSPS) is 10.6. The van der Waals surface area contributed by atoms with Crippen molar-refractivity contribution in [1.29, 1.82) is 0 Å². The second-order valence-electron chi connectivity index (χ2n) is 1.20. The van der Waals surface area contributed by atoms with Crippen LogP contribution in [0.15, 0.2) is 12.7 Å². The summed E-state index contributed by atoms with van der Waals surface area (Å²) in [6.07, 6.45) is 1.07. The van der Waals surface area contributed by atoms with Crippen LogP contribution in [0.3, 0.4) is 0 Å². The number of hydrogen-bond donors (Lipinski definition) is 0. The minimum Gasteiger partial charge on any atom is -0.435 e. The molecule has 0 spiro atoms. The third-order valence-corrected chi connectivity index (χ3v) is 1.20. The summed E-state index contributed by atoms with van der Waals surface area (Å²) in [7, 11) is 0. The SMILES string of the molecule is C=CC(=O)OC(Br)C#CBr. The highest BCUT2D eigenvalue weighted by molar-refractivity contribution is 9.12. The second kappa shape index (κ2) is 5.51. The van der Waals surface area contributed by atoms with Gasteiger partial charge in [-0.25, -0.2) is 4.79 Å². The highest BCUT2D eigenvalue weighted by Gasteiger charge is 2.02. The summed E-state index contributed by atoms with van der Waals surface area (Å²) in [6, 6.07) is 0. The van der Waals surface area contributed by atoms with Crippen LogP contribution >= 0.6 is 31.9 Å². The van der Waals surface area contributed by atoms with Crippen LogP contribution < -0.4 is 0 Å². The Labute approximate surface area is 75.9 Å². The average Bonchev–Trinajstić information content (AvgIpc) is 1.88. The van der Waals surface area contributed by atoms with Crippen LogP contribution in [0, 0.1) is 10.8 Å². The first-order valence-electron chi connectivity index (χ1n) is 2.29. The lowest BCUT2D eigenvalue weighted by Crippen LogP contribution is -2.06. The molecule has 0 saturated heterocycles. The Hall–Kier alpha value is -0.270. The number of hydrogen-bond acceptors (Lipinski definition) is 2. The number of halogens is 2. The molecule has 1 atom stereocenters. The van der Waals surface area contributed by atoms with Crippen LogP contribution in [0.2, 0.25) is 0 Å². The van der Waals surface area contributed by atoms with Gasteiger partial charge in [0, 0.05) is 22.0 Å². The van der Waals surface area contributed by atoms with E-state index in [-0.39, 0.29) is 0 Å². The lowest BCUT2D eigenvalue weighted by Gasteiger charge is -2.00. The Morgan fingerprint density at radius 2 is 2.40 bits per heavy atom. The molecular formula is C6H4Br2O2. The fourth-order valence-corrected chi connectivity index (χ4v) is 1.04. The van der Waals surface area contributed by atoms with Crippen molar-refractivity contribution in [2.24, 2.45) is 0 Å². The quantitative estimate of drug-likeness (QED) is 0.330. The molecule has 0 aliphatic carbocycles. The number of esters is 1. The molecule has 0 bridgehead atoms. The third-order valence-electron chi connectivity index (χ3n) is 0.554. The van der Waals surface area contributed by atoms with Gasteiger partial charge in [-0.05, 0) is 26.7 Å². The molecule has 4 heteroatoms. The van der Waals surface area contributed by atoms with E-state index in [1.165, 1.54) is 0 Å². The standard InChI is InChI=1S/C6H4Br2O2/c1-2-6(9)10-5(8)3-4-7/h2,5H,1H2. The Kier molecular flexibility index (Phi) is 5.36. The number of carbonyl (C=O) groups excluding carboxylic acids is 1. The molecule has 1 unspecified atom stereocenters. The van der Waals surface area contributed by atoms with E-state index in [0.29, 0.717) is 0 Å². The molecule has 0 radical (unpaired) electrons. The number of rotatable bonds is 2. The summed E-state index contributed by atoms with van der Waals surface area (Å²) in [5.74, 6) is 2.00. The average molecular weight is 268 g/mol. The summed E-state index contributed by atoms with van der Waals surface area (Å²) >= 11 is 5.84. The summed E-state index contributed by atoms with van der Waals surface area (Å²) in [5, 5.41) is -0.572. The van der Waals surface area contributed by atoms with Crippen molar-refractivity contribution in [2.45, 2.75) is 5.01 Å². The van der Waals surface area contributed by atoms with E-state index in [1.54, 1.807) is 0 Å². The van der Waals surface area contributed by atoms with Crippen LogP contribution in [-0.2, 0) is 9.53 Å². The number of ether oxygens (including phenoxy) is 1. The highest BCUT2D eigenvalue weighted by Crippen LogP contribution is 2.00. The maximum atomic E-state index is 10.4. The van der Waals surface area contributed by atoms with Gasteiger partial charge in [-0.15, -0.1) is 0 Å². The number of alkyl halides is 1. The number of carbonyl (C=O) groups is 1. The largest absolute Gasteiger partial charge is 0.435 e. The van der Waals surface area contributed by atoms with E-state index in [0.717, 1.165) is 6.08 Å². The Morgan fingerprint density at radius 3 is 2.80 bits per heavy atom. The molecule has 10 heavy (non-hydrogen) atoms. The smallest absolute Gasteiger partial charge is 0.332 e. The lowest BCUT2D eigenvalue weighted by atomic mass is 10.6. The van der Waals surface area contributed by atoms with Gasteiger partial charge in [0.2, 0.25) is 5.01 Å². The molecule has 0 aromatic carbocycles. The van der Waals surface area contributed by atoms with Gasteiger partial charge in [0.25, 0.3) is 0 Å². The first-order chi connectivity index (χ1) is 4.70. The lowest BCUT2D eigenvalue weighted by molar-refractivity contribution is -0.137. The molecule has 0 aromatic heterocycles. The molecule has 2 nitrogen and oxygen atoms in total. The minimum atomic E-state index is -0.572. The molecule has 0 amide bonds. The van der Waals surface area contributed by atoms with E-state index in [2.05, 4.69) is 53.9 Å². The van der Waals surface area contributed by atoms with Crippen LogP contribution in [0.25, 0.3) is 0 Å². The van der Waals surface area contributed by atoms with E-state index < -0.39 is 11.0 Å². The Balaban J connectivity index is 3.75. The first kappa shape index (κ1) is 9.73. The molecule has 0 heterocycles. The van der Waals surface area contributed by atoms with Crippen molar-refractivity contribution in [2.75, 3.05) is 0 Å². The molecule has 0 aliphatic rings. The van der Waals surface area contributed by atoms with Gasteiger partial charge in [0.05, 0.1) is 0 Å². The van der Waals surface area contributed by atoms with Crippen molar-refractivity contribution in [3.63, 3.8) is 0 Å². The van der Waals surface area contributed by atoms with Gasteiger partial charge in [0.15, 0.2) is 0 Å². The summed E-state index contributed by atoms with van der Waals surface area (Å²) in [6.45, 7) is 3.22. The van der Waals surface area contributed by atoms with E-state index >= 15 is 0 Å². The molecule has 0 saturated carbocycles. The zero-order valence-corrected chi connectivity index (χ0v) is 8.11. The Morgan fingerprint density at radius 1 is 1.80 bits per heavy atom. The maximum Gasteiger partial charge on any atom is 0.332 e. The maximum absolute atomic E-state index is 10.4. The van der Waals surface area contributed by atoms with Crippen molar-refractivity contribution < 1.29 is 9.53 Å². The first-order valence-corrected chi connectivity index (χ1v) is 4.00. The van der Waals surface area contributed by atoms with E-state index in [9.17, 15) is 4.79 Å². The minimum absolute atomic E-state index is 0.503. The van der Waals surface area contributed by atoms with Crippen molar-refractivity contribution in [3.8, 4) is 10.8 Å². The van der Waals surface area contributed by atoms with Gasteiger partial charge < -0.3 is 4.74 Å². The topological polar surface area (TPSA) is 26.3 Å². The molecule has 0 N–H and O–H groups in total. The molecule has 0 aliphatic heterocycles. The van der Waals surface area contributed by atoms with Gasteiger partial charge in [-0.3, -0.25) is 0 Å². The second-order valence-corrected chi connectivity index (χ2v) is 2.42. The van der Waals surface area contributed by atoms with Crippen LogP contribution in [0.5, 0.6) is 0 Å². The zero-order valence-electron chi connectivity index (χ0n) is 4.93. The summed E-state index contributed by atoms with van der Waals surface area (Å²) < 4.78 is 4.60. The van der Waals surface area contributed by atoms with Gasteiger partial charge >= 0.3 is 5.97 Å². The van der Waals surface area contributed by atoms with Crippen molar-refractivity contribution >= 4 is 37.8 Å². The molecule has 54 valence electrons. The van der Waals surface area contributed by atoms with Crippen molar-refractivity contribution in [1.82, 2.24) is 0 Å². The van der Waals surface area contributed by atoms with E-state index in [4.69, 9.17) is 0 Å². The summed E-state index contributed by atoms with van der Waals surface area (Å²) in [4.78, 5) is 12.8. The highest BCUT2D eigenvalue weighted by atomic mass is 79.9. The molecule has 0 aromatic rings. The predicted molar refractivity (Wildman–Crippen MR) is 45.7 cm³/mol. The Bertz CT molecular complexity index is 190. The summed E-state index contributed by atoms with van der Waals surface area (Å²) in [5.41, 5.74) is 0. The fraction of sp³-hybridized carbons (Fsp3) is 0.167. The van der Waals surface area contributed by atoms with Gasteiger partial charge in [-0.1, -0.05) is 6.58 Å². The predicted octanol–water partition coefficient (Wildman–Crippen LogP) is 1.79. The van der Waals surface area contributed by atoms with Gasteiger partial charge in [-0.2, -0.15) is 0 Å². The van der Waals surface area contributed by atoms with Crippen LogP contribution in [-0.4, -0.2) is 11.0 Å². The molecular weight excluding hydrogens is 264 g/mol. The van der Waals surface area contributed by atoms with E-state index in [1.807, 2.05) is 0 Å². The van der Waals surface area contributed by atoms with Crippen LogP contribution in [0.1, 0.15) is 0 Å². The fourth-order valence-electron chi connectivity index (χ4n) is 0.222. The monoisotopic (exact) mass is 266 g/mol. The van der Waals surface area contributed by atoms with Crippen molar-refractivity contribution in [3.05, 3.63) is 12.7 Å². The molecule has 0 fully saturated rings. The zero-order chi connectivity index (χ0) is 7.98.